The second-order valence-corrected chi connectivity index (χ2v) is 5.68. The lowest BCUT2D eigenvalue weighted by molar-refractivity contribution is -0.120. The topological polar surface area (TPSA) is 64.0 Å². The molecule has 1 aromatic carbocycles. The third-order valence-electron chi connectivity index (χ3n) is 3.95. The molecule has 2 aromatic rings. The number of carbonyl (C=O) groups is 1. The standard InChI is InChI=1S/C17H18FN3O2/c18-14-6-4-12(5-7-14)10-16(22)19-8-9-21-17(23)11-13-2-1-3-15(13)20-21/h4-7,11H,1-3,8-10H2,(H,19,22). The smallest absolute Gasteiger partial charge is 0.267 e. The van der Waals surface area contributed by atoms with Crippen LogP contribution >= 0.6 is 0 Å². The molecule has 6 heteroatoms. The van der Waals surface area contributed by atoms with Gasteiger partial charge in [-0.25, -0.2) is 9.07 Å². The molecule has 1 aromatic heterocycles. The number of aryl methyl sites for hydroxylation is 2. The van der Waals surface area contributed by atoms with Gasteiger partial charge in [0.25, 0.3) is 5.56 Å². The summed E-state index contributed by atoms with van der Waals surface area (Å²) in [5.41, 5.74) is 2.66. The molecule has 0 spiro atoms. The lowest BCUT2D eigenvalue weighted by Gasteiger charge is -2.08. The molecule has 0 saturated carbocycles. The Morgan fingerprint density at radius 2 is 2.04 bits per heavy atom. The van der Waals surface area contributed by atoms with Crippen LogP contribution in [0, 0.1) is 5.82 Å². The molecule has 120 valence electrons. The quantitative estimate of drug-likeness (QED) is 0.902. The summed E-state index contributed by atoms with van der Waals surface area (Å²) in [5.74, 6) is -0.484. The first kappa shape index (κ1) is 15.4. The van der Waals surface area contributed by atoms with E-state index < -0.39 is 0 Å². The van der Waals surface area contributed by atoms with Crippen LogP contribution < -0.4 is 10.9 Å². The zero-order valence-corrected chi connectivity index (χ0v) is 12.7. The third-order valence-corrected chi connectivity index (χ3v) is 3.95. The predicted octanol–water partition coefficient (Wildman–Crippen LogP) is 1.23. The fraction of sp³-hybridized carbons (Fsp3) is 0.353. The summed E-state index contributed by atoms with van der Waals surface area (Å²) in [6.07, 6.45) is 3.06. The zero-order chi connectivity index (χ0) is 16.2. The number of aromatic nitrogens is 2. The molecule has 1 N–H and O–H groups in total. The first-order valence-electron chi connectivity index (χ1n) is 7.73. The predicted molar refractivity (Wildman–Crippen MR) is 83.6 cm³/mol. The number of benzene rings is 1. The van der Waals surface area contributed by atoms with E-state index in [9.17, 15) is 14.0 Å². The van der Waals surface area contributed by atoms with Crippen molar-refractivity contribution in [2.75, 3.05) is 6.54 Å². The number of nitrogens with one attached hydrogen (secondary N) is 1. The van der Waals surface area contributed by atoms with Gasteiger partial charge >= 0.3 is 0 Å². The summed E-state index contributed by atoms with van der Waals surface area (Å²) in [5, 5.41) is 7.11. The lowest BCUT2D eigenvalue weighted by Crippen LogP contribution is -2.33. The van der Waals surface area contributed by atoms with E-state index in [2.05, 4.69) is 10.4 Å². The van der Waals surface area contributed by atoms with E-state index >= 15 is 0 Å². The van der Waals surface area contributed by atoms with Crippen LogP contribution in [0.15, 0.2) is 35.1 Å². The van der Waals surface area contributed by atoms with Crippen molar-refractivity contribution in [3.05, 3.63) is 63.3 Å². The van der Waals surface area contributed by atoms with Crippen LogP contribution in [0.5, 0.6) is 0 Å². The second-order valence-electron chi connectivity index (χ2n) is 5.68. The molecule has 0 radical (unpaired) electrons. The summed E-state index contributed by atoms with van der Waals surface area (Å²) in [4.78, 5) is 23.8. The van der Waals surface area contributed by atoms with E-state index in [-0.39, 0.29) is 23.7 Å². The Hall–Kier alpha value is -2.50. The van der Waals surface area contributed by atoms with Crippen molar-refractivity contribution in [1.29, 1.82) is 0 Å². The second kappa shape index (κ2) is 6.73. The minimum Gasteiger partial charge on any atom is -0.354 e. The van der Waals surface area contributed by atoms with Gasteiger partial charge in [0.05, 0.1) is 18.7 Å². The highest BCUT2D eigenvalue weighted by molar-refractivity contribution is 5.78. The van der Waals surface area contributed by atoms with Crippen molar-refractivity contribution in [1.82, 2.24) is 15.1 Å². The van der Waals surface area contributed by atoms with Crippen molar-refractivity contribution in [3.63, 3.8) is 0 Å². The maximum Gasteiger partial charge on any atom is 0.267 e. The number of rotatable bonds is 5. The van der Waals surface area contributed by atoms with Crippen LogP contribution in [-0.2, 0) is 30.6 Å². The van der Waals surface area contributed by atoms with Gasteiger partial charge in [-0.05, 0) is 42.5 Å². The fourth-order valence-corrected chi connectivity index (χ4v) is 2.75. The largest absolute Gasteiger partial charge is 0.354 e. The van der Waals surface area contributed by atoms with Crippen LogP contribution in [0.4, 0.5) is 4.39 Å². The Balaban J connectivity index is 1.52. The van der Waals surface area contributed by atoms with Gasteiger partial charge in [0, 0.05) is 12.6 Å². The molecule has 0 saturated heterocycles. The first-order valence-corrected chi connectivity index (χ1v) is 7.73. The average molecular weight is 315 g/mol. The Kier molecular flexibility index (Phi) is 4.50. The van der Waals surface area contributed by atoms with E-state index in [0.717, 1.165) is 36.1 Å². The molecule has 0 aliphatic heterocycles. The Morgan fingerprint density at radius 1 is 1.26 bits per heavy atom. The van der Waals surface area contributed by atoms with Crippen molar-refractivity contribution < 1.29 is 9.18 Å². The van der Waals surface area contributed by atoms with E-state index in [1.54, 1.807) is 18.2 Å². The van der Waals surface area contributed by atoms with Gasteiger partial charge in [0.1, 0.15) is 5.82 Å². The van der Waals surface area contributed by atoms with Crippen LogP contribution in [0.1, 0.15) is 23.2 Å². The highest BCUT2D eigenvalue weighted by Gasteiger charge is 2.14. The van der Waals surface area contributed by atoms with Gasteiger partial charge in [-0.3, -0.25) is 9.59 Å². The summed E-state index contributed by atoms with van der Waals surface area (Å²) >= 11 is 0. The maximum atomic E-state index is 12.8. The third kappa shape index (κ3) is 3.83. The Labute approximate surface area is 133 Å². The van der Waals surface area contributed by atoms with Gasteiger partial charge in [-0.15, -0.1) is 0 Å². The minimum absolute atomic E-state index is 0.126. The van der Waals surface area contributed by atoms with Gasteiger partial charge in [0.2, 0.25) is 5.91 Å². The number of amides is 1. The van der Waals surface area contributed by atoms with Crippen molar-refractivity contribution in [3.8, 4) is 0 Å². The monoisotopic (exact) mass is 315 g/mol. The number of fused-ring (bicyclic) bond motifs is 1. The first-order chi connectivity index (χ1) is 11.1. The lowest BCUT2D eigenvalue weighted by atomic mass is 10.1. The van der Waals surface area contributed by atoms with Crippen molar-refractivity contribution in [2.45, 2.75) is 32.2 Å². The fourth-order valence-electron chi connectivity index (χ4n) is 2.75. The highest BCUT2D eigenvalue weighted by Crippen LogP contribution is 2.16. The number of nitrogens with zero attached hydrogens (tertiary/aromatic N) is 2. The molecule has 0 atom stereocenters. The van der Waals surface area contributed by atoms with Gasteiger partial charge in [-0.2, -0.15) is 5.10 Å². The number of halogens is 1. The van der Waals surface area contributed by atoms with E-state index in [0.29, 0.717) is 13.1 Å². The van der Waals surface area contributed by atoms with Crippen LogP contribution in [0.25, 0.3) is 0 Å². The zero-order valence-electron chi connectivity index (χ0n) is 12.7. The van der Waals surface area contributed by atoms with Gasteiger partial charge in [0.15, 0.2) is 0 Å². The number of hydrogen-bond acceptors (Lipinski definition) is 3. The van der Waals surface area contributed by atoms with E-state index in [1.807, 2.05) is 0 Å². The molecule has 0 unspecified atom stereocenters. The maximum absolute atomic E-state index is 12.8. The average Bonchev–Trinajstić information content (AvgIpc) is 2.97. The van der Waals surface area contributed by atoms with Gasteiger partial charge < -0.3 is 5.32 Å². The molecule has 1 heterocycles. The van der Waals surface area contributed by atoms with Crippen LogP contribution in [0.3, 0.4) is 0 Å². The van der Waals surface area contributed by atoms with E-state index in [4.69, 9.17) is 0 Å². The summed E-state index contributed by atoms with van der Waals surface area (Å²) < 4.78 is 14.2. The molecule has 0 bridgehead atoms. The molecule has 23 heavy (non-hydrogen) atoms. The van der Waals surface area contributed by atoms with Crippen LogP contribution in [0.2, 0.25) is 0 Å². The SMILES string of the molecule is O=C(Cc1ccc(F)cc1)NCCn1nc2c(cc1=O)CCC2. The van der Waals surface area contributed by atoms with E-state index in [1.165, 1.54) is 16.8 Å². The summed E-state index contributed by atoms with van der Waals surface area (Å²) in [6.45, 7) is 0.687. The van der Waals surface area contributed by atoms with Crippen LogP contribution in [-0.4, -0.2) is 22.2 Å². The Morgan fingerprint density at radius 3 is 2.83 bits per heavy atom. The normalized spacial score (nSPS) is 12.9. The molecular weight excluding hydrogens is 297 g/mol. The van der Waals surface area contributed by atoms with Crippen molar-refractivity contribution >= 4 is 5.91 Å². The summed E-state index contributed by atoms with van der Waals surface area (Å²) in [7, 11) is 0. The highest BCUT2D eigenvalue weighted by atomic mass is 19.1. The molecule has 1 aliphatic rings. The van der Waals surface area contributed by atoms with Gasteiger partial charge in [-0.1, -0.05) is 12.1 Å². The number of carbonyl (C=O) groups excluding carboxylic acids is 1. The minimum atomic E-state index is -0.323. The molecule has 1 aliphatic carbocycles. The molecule has 5 nitrogen and oxygen atoms in total. The Bertz CT molecular complexity index is 768. The molecular formula is C17H18FN3O2. The molecule has 1 amide bonds. The van der Waals surface area contributed by atoms with Crippen molar-refractivity contribution in [2.24, 2.45) is 0 Å². The number of hydrogen-bond donors (Lipinski definition) is 1. The molecule has 3 rings (SSSR count). The molecule has 0 fully saturated rings. The summed E-state index contributed by atoms with van der Waals surface area (Å²) in [6, 6.07) is 7.48.